The average Bonchev–Trinajstić information content (AvgIpc) is 2.82. The standard InChI is InChI=1S/C15H25NOS/c1-5-12-11-18-13(16-12)15(17-6-2)9-7-14(3,4)8-10-15/h11H,5-10H2,1-4H3. The van der Waals surface area contributed by atoms with E-state index in [0.717, 1.165) is 25.9 Å². The lowest BCUT2D eigenvalue weighted by molar-refractivity contribution is -0.0891. The molecule has 1 aromatic heterocycles. The van der Waals surface area contributed by atoms with E-state index in [1.54, 1.807) is 11.3 Å². The molecule has 0 bridgehead atoms. The topological polar surface area (TPSA) is 22.1 Å². The van der Waals surface area contributed by atoms with Crippen molar-refractivity contribution in [1.29, 1.82) is 0 Å². The molecule has 1 aliphatic carbocycles. The number of nitrogens with zero attached hydrogens (tertiary/aromatic N) is 1. The Morgan fingerprint density at radius 3 is 2.39 bits per heavy atom. The van der Waals surface area contributed by atoms with Crippen LogP contribution in [0.3, 0.4) is 0 Å². The van der Waals surface area contributed by atoms with Gasteiger partial charge in [-0.25, -0.2) is 4.98 Å². The van der Waals surface area contributed by atoms with Crippen molar-refractivity contribution < 1.29 is 4.74 Å². The lowest BCUT2D eigenvalue weighted by Crippen LogP contribution is -2.37. The van der Waals surface area contributed by atoms with Gasteiger partial charge in [0.2, 0.25) is 0 Å². The van der Waals surface area contributed by atoms with Crippen molar-refractivity contribution in [2.45, 2.75) is 65.4 Å². The van der Waals surface area contributed by atoms with Crippen LogP contribution in [-0.4, -0.2) is 11.6 Å². The average molecular weight is 267 g/mol. The fourth-order valence-electron chi connectivity index (χ4n) is 2.71. The third kappa shape index (κ3) is 2.77. The van der Waals surface area contributed by atoms with Crippen molar-refractivity contribution in [2.75, 3.05) is 6.61 Å². The third-order valence-electron chi connectivity index (χ3n) is 4.14. The van der Waals surface area contributed by atoms with Crippen LogP contribution in [0.25, 0.3) is 0 Å². The van der Waals surface area contributed by atoms with Crippen molar-refractivity contribution in [3.05, 3.63) is 16.1 Å². The highest BCUT2D eigenvalue weighted by Gasteiger charge is 2.42. The van der Waals surface area contributed by atoms with Crippen LogP contribution < -0.4 is 0 Å². The van der Waals surface area contributed by atoms with Crippen molar-refractivity contribution in [3.8, 4) is 0 Å². The Kier molecular flexibility index (Phi) is 4.12. The van der Waals surface area contributed by atoms with E-state index in [0.29, 0.717) is 5.41 Å². The van der Waals surface area contributed by atoms with Crippen LogP contribution in [-0.2, 0) is 16.8 Å². The molecule has 0 radical (unpaired) electrons. The Hall–Kier alpha value is -0.410. The number of ether oxygens (including phenoxy) is 1. The van der Waals surface area contributed by atoms with Crippen molar-refractivity contribution in [1.82, 2.24) is 4.98 Å². The largest absolute Gasteiger partial charge is 0.368 e. The molecule has 0 spiro atoms. The third-order valence-corrected chi connectivity index (χ3v) is 5.21. The van der Waals surface area contributed by atoms with Gasteiger partial charge in [-0.1, -0.05) is 20.8 Å². The molecule has 0 unspecified atom stereocenters. The smallest absolute Gasteiger partial charge is 0.125 e. The molecule has 0 aromatic carbocycles. The zero-order valence-corrected chi connectivity index (χ0v) is 12.9. The Bertz CT molecular complexity index is 387. The molecule has 2 rings (SSSR count). The summed E-state index contributed by atoms with van der Waals surface area (Å²) in [6, 6.07) is 0. The molecule has 0 atom stereocenters. The molecule has 1 saturated carbocycles. The van der Waals surface area contributed by atoms with E-state index in [2.05, 4.69) is 33.1 Å². The fraction of sp³-hybridized carbons (Fsp3) is 0.800. The fourth-order valence-corrected chi connectivity index (χ4v) is 3.82. The Labute approximate surface area is 115 Å². The molecular formula is C15H25NOS. The van der Waals surface area contributed by atoms with E-state index >= 15 is 0 Å². The quantitative estimate of drug-likeness (QED) is 0.799. The zero-order chi connectivity index (χ0) is 13.2. The SMILES string of the molecule is CCOC1(c2nc(CC)cs2)CCC(C)(C)CC1. The van der Waals surface area contributed by atoms with Crippen LogP contribution in [0.15, 0.2) is 5.38 Å². The first-order chi connectivity index (χ1) is 8.51. The minimum atomic E-state index is -0.0949. The van der Waals surface area contributed by atoms with Crippen LogP contribution in [0.5, 0.6) is 0 Å². The predicted molar refractivity (Wildman–Crippen MR) is 77.0 cm³/mol. The number of hydrogen-bond acceptors (Lipinski definition) is 3. The van der Waals surface area contributed by atoms with Crippen molar-refractivity contribution in [2.24, 2.45) is 5.41 Å². The van der Waals surface area contributed by atoms with E-state index < -0.39 is 0 Å². The van der Waals surface area contributed by atoms with Crippen LogP contribution in [0, 0.1) is 5.41 Å². The van der Waals surface area contributed by atoms with Gasteiger partial charge in [-0.3, -0.25) is 0 Å². The molecule has 2 nitrogen and oxygen atoms in total. The summed E-state index contributed by atoms with van der Waals surface area (Å²) < 4.78 is 6.16. The van der Waals surface area contributed by atoms with E-state index in [1.165, 1.54) is 23.5 Å². The minimum Gasteiger partial charge on any atom is -0.368 e. The molecule has 3 heteroatoms. The van der Waals surface area contributed by atoms with Gasteiger partial charge >= 0.3 is 0 Å². The van der Waals surface area contributed by atoms with Crippen molar-refractivity contribution >= 4 is 11.3 Å². The summed E-state index contributed by atoms with van der Waals surface area (Å²) in [4.78, 5) is 4.78. The maximum absolute atomic E-state index is 6.16. The van der Waals surface area contributed by atoms with Gasteiger partial charge < -0.3 is 4.74 Å². The molecular weight excluding hydrogens is 242 g/mol. The molecule has 102 valence electrons. The number of aromatic nitrogens is 1. The molecule has 1 heterocycles. The first kappa shape index (κ1) is 14.0. The zero-order valence-electron chi connectivity index (χ0n) is 12.1. The van der Waals surface area contributed by atoms with Gasteiger partial charge in [0, 0.05) is 12.0 Å². The molecule has 1 aliphatic rings. The number of hydrogen-bond donors (Lipinski definition) is 0. The number of rotatable bonds is 4. The minimum absolute atomic E-state index is 0.0949. The summed E-state index contributed by atoms with van der Waals surface area (Å²) in [6.45, 7) is 9.76. The van der Waals surface area contributed by atoms with Crippen LogP contribution >= 0.6 is 11.3 Å². The highest BCUT2D eigenvalue weighted by Crippen LogP contribution is 2.48. The van der Waals surface area contributed by atoms with Gasteiger partial charge in [0.05, 0.1) is 5.69 Å². The van der Waals surface area contributed by atoms with Gasteiger partial charge in [0.1, 0.15) is 10.6 Å². The summed E-state index contributed by atoms with van der Waals surface area (Å²) in [7, 11) is 0. The lowest BCUT2D eigenvalue weighted by atomic mass is 9.71. The number of thiazole rings is 1. The highest BCUT2D eigenvalue weighted by molar-refractivity contribution is 7.09. The first-order valence-corrected chi connectivity index (χ1v) is 7.98. The summed E-state index contributed by atoms with van der Waals surface area (Å²) in [6.07, 6.45) is 5.71. The molecule has 18 heavy (non-hydrogen) atoms. The molecule has 0 saturated heterocycles. The van der Waals surface area contributed by atoms with E-state index in [1.807, 2.05) is 0 Å². The van der Waals surface area contributed by atoms with Gasteiger partial charge in [-0.05, 0) is 44.4 Å². The van der Waals surface area contributed by atoms with E-state index in [9.17, 15) is 0 Å². The second kappa shape index (κ2) is 5.30. The molecule has 1 aromatic rings. The first-order valence-electron chi connectivity index (χ1n) is 7.10. The van der Waals surface area contributed by atoms with E-state index in [-0.39, 0.29) is 5.60 Å². The summed E-state index contributed by atoms with van der Waals surface area (Å²) >= 11 is 1.78. The normalized spacial score (nSPS) is 22.0. The van der Waals surface area contributed by atoms with Crippen LogP contribution in [0.2, 0.25) is 0 Å². The maximum atomic E-state index is 6.16. The van der Waals surface area contributed by atoms with Crippen molar-refractivity contribution in [3.63, 3.8) is 0 Å². The van der Waals surface area contributed by atoms with Crippen LogP contribution in [0.1, 0.15) is 64.1 Å². The Balaban J connectivity index is 2.22. The van der Waals surface area contributed by atoms with Gasteiger partial charge in [-0.2, -0.15) is 0 Å². The molecule has 1 fully saturated rings. The summed E-state index contributed by atoms with van der Waals surface area (Å²) in [5, 5.41) is 3.40. The van der Waals surface area contributed by atoms with E-state index in [4.69, 9.17) is 9.72 Å². The van der Waals surface area contributed by atoms with Gasteiger partial charge in [-0.15, -0.1) is 11.3 Å². The molecule has 0 N–H and O–H groups in total. The molecule has 0 amide bonds. The molecule has 0 aliphatic heterocycles. The van der Waals surface area contributed by atoms with Gasteiger partial charge in [0.25, 0.3) is 0 Å². The lowest BCUT2D eigenvalue weighted by Gasteiger charge is -2.42. The summed E-state index contributed by atoms with van der Waals surface area (Å²) in [5.41, 5.74) is 1.58. The summed E-state index contributed by atoms with van der Waals surface area (Å²) in [5.74, 6) is 0. The maximum Gasteiger partial charge on any atom is 0.125 e. The van der Waals surface area contributed by atoms with Gasteiger partial charge in [0.15, 0.2) is 0 Å². The predicted octanol–water partition coefficient (Wildman–Crippen LogP) is 4.54. The highest BCUT2D eigenvalue weighted by atomic mass is 32.1. The second-order valence-corrected chi connectivity index (χ2v) is 6.95. The Morgan fingerprint density at radius 1 is 1.22 bits per heavy atom. The Morgan fingerprint density at radius 2 is 1.89 bits per heavy atom. The van der Waals surface area contributed by atoms with Crippen LogP contribution in [0.4, 0.5) is 0 Å². The second-order valence-electron chi connectivity index (χ2n) is 6.09. The monoisotopic (exact) mass is 267 g/mol. The number of aryl methyl sites for hydroxylation is 1.